The van der Waals surface area contributed by atoms with E-state index in [1.165, 1.54) is 0 Å². The molecule has 0 fully saturated rings. The molecular formula is C21H21Cl2N3O3. The Hall–Kier alpha value is -2.70. The lowest BCUT2D eigenvalue weighted by atomic mass is 10.1. The van der Waals surface area contributed by atoms with Crippen LogP contribution >= 0.6 is 23.2 Å². The lowest BCUT2D eigenvalue weighted by Gasteiger charge is -2.11. The number of carbonyl (C=O) groups excluding carboxylic acids is 1. The number of benzene rings is 2. The van der Waals surface area contributed by atoms with E-state index in [9.17, 15) is 4.79 Å². The van der Waals surface area contributed by atoms with Gasteiger partial charge < -0.3 is 14.8 Å². The normalized spacial score (nSPS) is 10.6. The molecule has 3 rings (SSSR count). The van der Waals surface area contributed by atoms with Crippen LogP contribution in [-0.2, 0) is 17.8 Å². The zero-order valence-corrected chi connectivity index (χ0v) is 17.6. The highest BCUT2D eigenvalue weighted by Gasteiger charge is 2.11. The smallest absolute Gasteiger partial charge is 0.225 e. The van der Waals surface area contributed by atoms with Gasteiger partial charge in [0.25, 0.3) is 0 Å². The Kier molecular flexibility index (Phi) is 7.01. The van der Waals surface area contributed by atoms with Crippen molar-refractivity contribution in [1.82, 2.24) is 9.78 Å². The molecule has 1 amide bonds. The van der Waals surface area contributed by atoms with Crippen molar-refractivity contribution in [2.24, 2.45) is 0 Å². The predicted molar refractivity (Wildman–Crippen MR) is 114 cm³/mol. The monoisotopic (exact) mass is 433 g/mol. The van der Waals surface area contributed by atoms with Crippen molar-refractivity contribution in [3.05, 3.63) is 69.8 Å². The molecule has 0 saturated heterocycles. The number of carbonyl (C=O) groups is 1. The van der Waals surface area contributed by atoms with Gasteiger partial charge in [0.1, 0.15) is 17.3 Å². The molecule has 0 unspecified atom stereocenters. The Balaban J connectivity index is 1.63. The summed E-state index contributed by atoms with van der Waals surface area (Å²) >= 11 is 12.2. The first-order valence-electron chi connectivity index (χ1n) is 8.96. The number of rotatable bonds is 8. The lowest BCUT2D eigenvalue weighted by Crippen LogP contribution is -2.16. The maximum atomic E-state index is 12.5. The van der Waals surface area contributed by atoms with E-state index in [1.54, 1.807) is 49.4 Å². The average molecular weight is 434 g/mol. The van der Waals surface area contributed by atoms with Gasteiger partial charge in [0.05, 0.1) is 27.0 Å². The second kappa shape index (κ2) is 9.67. The summed E-state index contributed by atoms with van der Waals surface area (Å²) < 4.78 is 12.2. The molecular weight excluding hydrogens is 413 g/mol. The number of anilines is 1. The maximum Gasteiger partial charge on any atom is 0.225 e. The van der Waals surface area contributed by atoms with Gasteiger partial charge in [-0.3, -0.25) is 4.79 Å². The Morgan fingerprint density at radius 3 is 2.45 bits per heavy atom. The molecule has 0 saturated carbocycles. The Morgan fingerprint density at radius 1 is 1.07 bits per heavy atom. The number of hydrogen-bond acceptors (Lipinski definition) is 4. The fourth-order valence-corrected chi connectivity index (χ4v) is 3.32. The van der Waals surface area contributed by atoms with Gasteiger partial charge in [-0.05, 0) is 41.8 Å². The summed E-state index contributed by atoms with van der Waals surface area (Å²) in [6.45, 7) is 0.422. The van der Waals surface area contributed by atoms with Crippen molar-refractivity contribution in [3.8, 4) is 11.5 Å². The third kappa shape index (κ3) is 5.65. The third-order valence-electron chi connectivity index (χ3n) is 4.37. The number of nitrogens with one attached hydrogen (secondary N) is 1. The highest BCUT2D eigenvalue weighted by Crippen LogP contribution is 2.24. The van der Waals surface area contributed by atoms with E-state index >= 15 is 0 Å². The molecule has 1 heterocycles. The summed E-state index contributed by atoms with van der Waals surface area (Å²) in [5, 5.41) is 8.29. The van der Waals surface area contributed by atoms with Crippen LogP contribution in [0.4, 0.5) is 5.82 Å². The van der Waals surface area contributed by atoms with Gasteiger partial charge in [-0.15, -0.1) is 0 Å². The average Bonchev–Trinajstić information content (AvgIpc) is 3.14. The number of halogens is 2. The molecule has 0 bridgehead atoms. The number of methoxy groups -OCH3 is 2. The first-order valence-corrected chi connectivity index (χ1v) is 9.71. The van der Waals surface area contributed by atoms with Gasteiger partial charge in [0.15, 0.2) is 0 Å². The number of aromatic nitrogens is 2. The van der Waals surface area contributed by atoms with Crippen molar-refractivity contribution < 1.29 is 14.3 Å². The van der Waals surface area contributed by atoms with Crippen molar-refractivity contribution >= 4 is 34.9 Å². The maximum absolute atomic E-state index is 12.5. The van der Waals surface area contributed by atoms with Crippen molar-refractivity contribution in [3.63, 3.8) is 0 Å². The summed E-state index contributed by atoms with van der Waals surface area (Å²) in [4.78, 5) is 12.5. The lowest BCUT2D eigenvalue weighted by molar-refractivity contribution is -0.116. The molecule has 1 N–H and O–H groups in total. The topological polar surface area (TPSA) is 65.4 Å². The SMILES string of the molecule is COc1cc(CCC(=O)Nc2ccnn2Cc2ccc(Cl)cc2Cl)cc(OC)c1. The molecule has 0 atom stereocenters. The Morgan fingerprint density at radius 2 is 1.79 bits per heavy atom. The second-order valence-electron chi connectivity index (χ2n) is 6.38. The van der Waals surface area contributed by atoms with Gasteiger partial charge in [-0.25, -0.2) is 4.68 Å². The Labute approximate surface area is 179 Å². The van der Waals surface area contributed by atoms with Gasteiger partial charge in [0, 0.05) is 28.6 Å². The number of aryl methyl sites for hydroxylation is 1. The fourth-order valence-electron chi connectivity index (χ4n) is 2.85. The molecule has 0 aliphatic carbocycles. The zero-order valence-electron chi connectivity index (χ0n) is 16.1. The molecule has 0 aliphatic rings. The van der Waals surface area contributed by atoms with Gasteiger partial charge in [-0.2, -0.15) is 5.10 Å². The van der Waals surface area contributed by atoms with Crippen LogP contribution in [0.2, 0.25) is 10.0 Å². The molecule has 6 nitrogen and oxygen atoms in total. The van der Waals surface area contributed by atoms with E-state index in [1.807, 2.05) is 18.2 Å². The van der Waals surface area contributed by atoms with Crippen molar-refractivity contribution in [2.75, 3.05) is 19.5 Å². The number of hydrogen-bond donors (Lipinski definition) is 1. The van der Waals surface area contributed by atoms with Crippen LogP contribution in [0.5, 0.6) is 11.5 Å². The first kappa shape index (κ1) is 21.0. The highest BCUT2D eigenvalue weighted by molar-refractivity contribution is 6.35. The Bertz CT molecular complexity index is 982. The van der Waals surface area contributed by atoms with Crippen LogP contribution in [0.25, 0.3) is 0 Å². The summed E-state index contributed by atoms with van der Waals surface area (Å²) in [5.41, 5.74) is 1.82. The van der Waals surface area contributed by atoms with E-state index in [0.717, 1.165) is 11.1 Å². The summed E-state index contributed by atoms with van der Waals surface area (Å²) in [5.74, 6) is 1.87. The number of ether oxygens (including phenoxy) is 2. The fraction of sp³-hybridized carbons (Fsp3) is 0.238. The van der Waals surface area contributed by atoms with Crippen LogP contribution < -0.4 is 14.8 Å². The van der Waals surface area contributed by atoms with Crippen LogP contribution in [0.15, 0.2) is 48.7 Å². The molecule has 8 heteroatoms. The van der Waals surface area contributed by atoms with Crippen LogP contribution in [0.1, 0.15) is 17.5 Å². The predicted octanol–water partition coefficient (Wildman–Crippen LogP) is 4.83. The van der Waals surface area contributed by atoms with Crippen LogP contribution in [0.3, 0.4) is 0 Å². The van der Waals surface area contributed by atoms with Crippen molar-refractivity contribution in [2.45, 2.75) is 19.4 Å². The van der Waals surface area contributed by atoms with E-state index in [2.05, 4.69) is 10.4 Å². The minimum Gasteiger partial charge on any atom is -0.497 e. The molecule has 29 heavy (non-hydrogen) atoms. The summed E-state index contributed by atoms with van der Waals surface area (Å²) in [6, 6.07) is 12.6. The van der Waals surface area contributed by atoms with E-state index < -0.39 is 0 Å². The number of amides is 1. The van der Waals surface area contributed by atoms with E-state index in [-0.39, 0.29) is 5.91 Å². The molecule has 152 valence electrons. The summed E-state index contributed by atoms with van der Waals surface area (Å²) in [7, 11) is 3.19. The van der Waals surface area contributed by atoms with Gasteiger partial charge >= 0.3 is 0 Å². The largest absolute Gasteiger partial charge is 0.497 e. The van der Waals surface area contributed by atoms with Crippen LogP contribution in [-0.4, -0.2) is 29.9 Å². The van der Waals surface area contributed by atoms with Gasteiger partial charge in [0.2, 0.25) is 5.91 Å². The number of nitrogens with zero attached hydrogens (tertiary/aromatic N) is 2. The molecule has 2 aromatic carbocycles. The molecule has 0 radical (unpaired) electrons. The minimum atomic E-state index is -0.115. The van der Waals surface area contributed by atoms with Crippen molar-refractivity contribution in [1.29, 1.82) is 0 Å². The summed E-state index contributed by atoms with van der Waals surface area (Å²) in [6.07, 6.45) is 2.49. The molecule has 1 aromatic heterocycles. The van der Waals surface area contributed by atoms with Gasteiger partial charge in [-0.1, -0.05) is 29.3 Å². The third-order valence-corrected chi connectivity index (χ3v) is 4.96. The molecule has 0 spiro atoms. The molecule has 0 aliphatic heterocycles. The minimum absolute atomic E-state index is 0.115. The zero-order chi connectivity index (χ0) is 20.8. The van der Waals surface area contributed by atoms with E-state index in [4.69, 9.17) is 32.7 Å². The van der Waals surface area contributed by atoms with E-state index in [0.29, 0.717) is 46.7 Å². The molecule has 3 aromatic rings. The highest BCUT2D eigenvalue weighted by atomic mass is 35.5. The second-order valence-corrected chi connectivity index (χ2v) is 7.22. The van der Waals surface area contributed by atoms with Crippen LogP contribution in [0, 0.1) is 0 Å². The quantitative estimate of drug-likeness (QED) is 0.552. The first-order chi connectivity index (χ1) is 14.0. The standard InChI is InChI=1S/C21H21Cl2N3O3/c1-28-17-9-14(10-18(12-17)29-2)3-6-21(27)25-20-7-8-24-26(20)13-15-4-5-16(22)11-19(15)23/h4-5,7-12H,3,6,13H2,1-2H3,(H,25,27).